The number of hydrogen-bond donors (Lipinski definition) is 1. The number of halogens is 1. The van der Waals surface area contributed by atoms with Crippen LogP contribution in [-0.4, -0.2) is 36.2 Å². The highest BCUT2D eigenvalue weighted by molar-refractivity contribution is 6.33. The molecule has 0 radical (unpaired) electrons. The number of rotatable bonds is 7. The monoisotopic (exact) mass is 364 g/mol. The first-order valence-electron chi connectivity index (χ1n) is 7.91. The van der Waals surface area contributed by atoms with Crippen molar-refractivity contribution in [1.82, 2.24) is 9.88 Å². The number of carbonyl (C=O) groups excluding carboxylic acids is 2. The Morgan fingerprint density at radius 1 is 1.24 bits per heavy atom. The quantitative estimate of drug-likeness (QED) is 0.766. The Kier molecular flexibility index (Phi) is 6.47. The average Bonchev–Trinajstić information content (AvgIpc) is 3.08. The summed E-state index contributed by atoms with van der Waals surface area (Å²) < 4.78 is 12.2. The molecule has 1 aromatic carbocycles. The molecule has 1 amide bonds. The van der Waals surface area contributed by atoms with Gasteiger partial charge in [-0.05, 0) is 32.0 Å². The van der Waals surface area contributed by atoms with E-state index in [1.165, 1.54) is 7.11 Å². The first-order chi connectivity index (χ1) is 11.9. The minimum absolute atomic E-state index is 0.0986. The molecule has 0 saturated carbocycles. The van der Waals surface area contributed by atoms with Crippen molar-refractivity contribution in [3.63, 3.8) is 0 Å². The van der Waals surface area contributed by atoms with Gasteiger partial charge in [0.25, 0.3) is 5.91 Å². The smallest absolute Gasteiger partial charge is 0.307 e. The van der Waals surface area contributed by atoms with E-state index < -0.39 is 0 Å². The van der Waals surface area contributed by atoms with E-state index in [1.54, 1.807) is 26.0 Å². The summed E-state index contributed by atoms with van der Waals surface area (Å²) in [5, 5.41) is 3.09. The van der Waals surface area contributed by atoms with Crippen LogP contribution in [0.1, 0.15) is 30.6 Å². The second-order valence-corrected chi connectivity index (χ2v) is 6.05. The van der Waals surface area contributed by atoms with Gasteiger partial charge in [-0.1, -0.05) is 11.6 Å². The summed E-state index contributed by atoms with van der Waals surface area (Å²) in [6.07, 6.45) is 3.62. The number of nitrogens with zero attached hydrogens (tertiary/aromatic N) is 1. The van der Waals surface area contributed by atoms with Crippen molar-refractivity contribution >= 4 is 23.5 Å². The molecular formula is C18H21ClN2O4. The van der Waals surface area contributed by atoms with Crippen molar-refractivity contribution in [2.24, 2.45) is 0 Å². The van der Waals surface area contributed by atoms with Crippen LogP contribution in [0.15, 0.2) is 36.7 Å². The Labute approximate surface area is 151 Å². The molecule has 0 aliphatic rings. The first kappa shape index (κ1) is 18.9. The van der Waals surface area contributed by atoms with Gasteiger partial charge in [0.15, 0.2) is 0 Å². The third-order valence-electron chi connectivity index (χ3n) is 3.38. The van der Waals surface area contributed by atoms with Crippen LogP contribution < -0.4 is 10.1 Å². The van der Waals surface area contributed by atoms with Gasteiger partial charge in [0.1, 0.15) is 5.75 Å². The van der Waals surface area contributed by atoms with Crippen LogP contribution in [0.25, 0.3) is 5.69 Å². The maximum absolute atomic E-state index is 12.4. The normalized spacial score (nSPS) is 10.6. The number of carbonyl (C=O) groups is 2. The molecule has 0 fully saturated rings. The summed E-state index contributed by atoms with van der Waals surface area (Å²) in [6, 6.07) is 7.00. The fourth-order valence-electron chi connectivity index (χ4n) is 2.28. The van der Waals surface area contributed by atoms with E-state index >= 15 is 0 Å². The predicted molar refractivity (Wildman–Crippen MR) is 95.5 cm³/mol. The van der Waals surface area contributed by atoms with Gasteiger partial charge in [-0.15, -0.1) is 0 Å². The number of amides is 1. The molecule has 0 atom stereocenters. The van der Waals surface area contributed by atoms with E-state index in [0.29, 0.717) is 22.0 Å². The van der Waals surface area contributed by atoms with Crippen molar-refractivity contribution in [2.75, 3.05) is 13.7 Å². The van der Waals surface area contributed by atoms with E-state index in [1.807, 2.05) is 29.1 Å². The number of ether oxygens (including phenoxy) is 2. The van der Waals surface area contributed by atoms with Crippen LogP contribution in [0.5, 0.6) is 5.75 Å². The van der Waals surface area contributed by atoms with Crippen molar-refractivity contribution in [3.05, 3.63) is 47.2 Å². The zero-order valence-electron chi connectivity index (χ0n) is 14.4. The molecule has 2 rings (SSSR count). The Morgan fingerprint density at radius 3 is 2.52 bits per heavy atom. The van der Waals surface area contributed by atoms with Gasteiger partial charge >= 0.3 is 5.97 Å². The number of aromatic nitrogens is 1. The molecular weight excluding hydrogens is 344 g/mol. The summed E-state index contributed by atoms with van der Waals surface area (Å²) in [7, 11) is 1.49. The third-order valence-corrected chi connectivity index (χ3v) is 3.68. The van der Waals surface area contributed by atoms with Crippen molar-refractivity contribution < 1.29 is 19.1 Å². The van der Waals surface area contributed by atoms with Crippen LogP contribution in [0.3, 0.4) is 0 Å². The predicted octanol–water partition coefficient (Wildman–Crippen LogP) is 3.21. The third kappa shape index (κ3) is 5.00. The molecule has 2 aromatic rings. The SMILES string of the molecule is COc1cc(-n2cccc2)c(Cl)cc1C(=O)NCCC(=O)OC(C)C. The lowest BCUT2D eigenvalue weighted by atomic mass is 10.1. The van der Waals surface area contributed by atoms with Crippen LogP contribution in [0, 0.1) is 0 Å². The molecule has 7 heteroatoms. The molecule has 0 bridgehead atoms. The molecule has 6 nitrogen and oxygen atoms in total. The van der Waals surface area contributed by atoms with Gasteiger partial charge in [0.2, 0.25) is 0 Å². The topological polar surface area (TPSA) is 69.6 Å². The maximum Gasteiger partial charge on any atom is 0.307 e. The second-order valence-electron chi connectivity index (χ2n) is 5.64. The average molecular weight is 365 g/mol. The molecule has 1 aromatic heterocycles. The molecule has 0 aliphatic heterocycles. The van der Waals surface area contributed by atoms with Gasteiger partial charge in [0.05, 0.1) is 35.9 Å². The standard InChI is InChI=1S/C18H21ClN2O4/c1-12(2)25-17(22)6-7-20-18(23)13-10-14(19)15(11-16(13)24-3)21-8-4-5-9-21/h4-5,8-12H,6-7H2,1-3H3,(H,20,23). The molecule has 1 N–H and O–H groups in total. The Hall–Kier alpha value is -2.47. The first-order valence-corrected chi connectivity index (χ1v) is 8.28. The Bertz CT molecular complexity index is 742. The lowest BCUT2D eigenvalue weighted by Gasteiger charge is -2.14. The highest BCUT2D eigenvalue weighted by Gasteiger charge is 2.17. The molecule has 0 saturated heterocycles. The molecule has 25 heavy (non-hydrogen) atoms. The number of methoxy groups -OCH3 is 1. The zero-order valence-corrected chi connectivity index (χ0v) is 15.2. The summed E-state index contributed by atoms with van der Waals surface area (Å²) in [4.78, 5) is 23.9. The Balaban J connectivity index is 2.09. The van der Waals surface area contributed by atoms with Crippen molar-refractivity contribution in [1.29, 1.82) is 0 Å². The van der Waals surface area contributed by atoms with Crippen LogP contribution in [-0.2, 0) is 9.53 Å². The minimum Gasteiger partial charge on any atom is -0.496 e. The van der Waals surface area contributed by atoms with Gasteiger partial charge in [-0.2, -0.15) is 0 Å². The zero-order chi connectivity index (χ0) is 18.4. The highest BCUT2D eigenvalue weighted by Crippen LogP contribution is 2.29. The van der Waals surface area contributed by atoms with Crippen LogP contribution in [0.2, 0.25) is 5.02 Å². The van der Waals surface area contributed by atoms with Gasteiger partial charge in [0, 0.05) is 25.0 Å². The van der Waals surface area contributed by atoms with E-state index in [2.05, 4.69) is 5.32 Å². The lowest BCUT2D eigenvalue weighted by Crippen LogP contribution is -2.27. The molecule has 134 valence electrons. The fraction of sp³-hybridized carbons (Fsp3) is 0.333. The van der Waals surface area contributed by atoms with Gasteiger partial charge < -0.3 is 19.4 Å². The number of hydrogen-bond acceptors (Lipinski definition) is 4. The van der Waals surface area contributed by atoms with Crippen LogP contribution in [0.4, 0.5) is 0 Å². The number of benzene rings is 1. The molecule has 0 aliphatic carbocycles. The summed E-state index contributed by atoms with van der Waals surface area (Å²) in [6.45, 7) is 3.72. The Morgan fingerprint density at radius 2 is 1.92 bits per heavy atom. The maximum atomic E-state index is 12.4. The molecule has 0 unspecified atom stereocenters. The number of nitrogens with one attached hydrogen (secondary N) is 1. The van der Waals surface area contributed by atoms with Crippen LogP contribution >= 0.6 is 11.6 Å². The fourth-order valence-corrected chi connectivity index (χ4v) is 2.54. The van der Waals surface area contributed by atoms with E-state index in [4.69, 9.17) is 21.1 Å². The molecule has 0 spiro atoms. The minimum atomic E-state index is -0.366. The second kappa shape index (κ2) is 8.58. The highest BCUT2D eigenvalue weighted by atomic mass is 35.5. The lowest BCUT2D eigenvalue weighted by molar-refractivity contribution is -0.147. The van der Waals surface area contributed by atoms with Crippen molar-refractivity contribution in [2.45, 2.75) is 26.4 Å². The van der Waals surface area contributed by atoms with Gasteiger partial charge in [-0.25, -0.2) is 0 Å². The summed E-state index contributed by atoms with van der Waals surface area (Å²) in [5.74, 6) is -0.325. The van der Waals surface area contributed by atoms with E-state index in [0.717, 1.165) is 0 Å². The van der Waals surface area contributed by atoms with E-state index in [-0.39, 0.29) is 30.9 Å². The van der Waals surface area contributed by atoms with Crippen molar-refractivity contribution in [3.8, 4) is 11.4 Å². The summed E-state index contributed by atoms with van der Waals surface area (Å²) in [5.41, 5.74) is 1.02. The number of esters is 1. The van der Waals surface area contributed by atoms with Gasteiger partial charge in [-0.3, -0.25) is 9.59 Å². The largest absolute Gasteiger partial charge is 0.496 e. The van der Waals surface area contributed by atoms with E-state index in [9.17, 15) is 9.59 Å². The summed E-state index contributed by atoms with van der Waals surface area (Å²) >= 11 is 6.31. The molecule has 1 heterocycles.